The quantitative estimate of drug-likeness (QED) is 0.720. The van der Waals surface area contributed by atoms with Crippen molar-refractivity contribution < 1.29 is 14.6 Å². The van der Waals surface area contributed by atoms with Crippen molar-refractivity contribution in [1.29, 1.82) is 0 Å². The molecule has 1 N–H and O–H groups in total. The number of nitrogens with zero attached hydrogens (tertiary/aromatic N) is 5. The smallest absolute Gasteiger partial charge is 0.332 e. The van der Waals surface area contributed by atoms with Gasteiger partial charge in [-0.05, 0) is 0 Å². The lowest BCUT2D eigenvalue weighted by Gasteiger charge is -2.27. The average Bonchev–Trinajstić information content (AvgIpc) is 2.90. The number of carboxylic acids is 1. The van der Waals surface area contributed by atoms with Gasteiger partial charge in [0.2, 0.25) is 5.95 Å². The molecule has 10 heteroatoms. The minimum atomic E-state index is -1.09. The van der Waals surface area contributed by atoms with Gasteiger partial charge in [0, 0.05) is 27.2 Å². The Labute approximate surface area is 130 Å². The zero-order chi connectivity index (χ0) is 16.7. The predicted molar refractivity (Wildman–Crippen MR) is 80.9 cm³/mol. The van der Waals surface area contributed by atoms with E-state index in [0.29, 0.717) is 32.3 Å². The number of anilines is 1. The highest BCUT2D eigenvalue weighted by atomic mass is 16.5. The topological polar surface area (TPSA) is 112 Å². The van der Waals surface area contributed by atoms with Crippen molar-refractivity contribution in [3.05, 3.63) is 20.8 Å². The molecule has 0 amide bonds. The molecule has 0 spiro atoms. The van der Waals surface area contributed by atoms with Crippen LogP contribution in [0.2, 0.25) is 0 Å². The van der Waals surface area contributed by atoms with Gasteiger partial charge in [-0.25, -0.2) is 4.79 Å². The second-order valence-corrected chi connectivity index (χ2v) is 5.37. The monoisotopic (exact) mass is 323 g/mol. The molecule has 124 valence electrons. The van der Waals surface area contributed by atoms with Crippen LogP contribution in [0.15, 0.2) is 9.59 Å². The Morgan fingerprint density at radius 2 is 1.87 bits per heavy atom. The molecule has 2 aromatic heterocycles. The van der Waals surface area contributed by atoms with Gasteiger partial charge in [-0.3, -0.25) is 23.3 Å². The van der Waals surface area contributed by atoms with Gasteiger partial charge in [0.1, 0.15) is 6.54 Å². The standard InChI is InChI=1S/C13H17N5O5/c1-15-10-9(11(21)16(2)13(15)22)18(7-8(19)20)12(14-10)17-3-5-23-6-4-17/h3-7H2,1-2H3,(H,19,20). The largest absolute Gasteiger partial charge is 0.480 e. The number of aliphatic carboxylic acids is 1. The van der Waals surface area contributed by atoms with E-state index < -0.39 is 23.8 Å². The molecule has 0 bridgehead atoms. The first-order chi connectivity index (χ1) is 10.9. The van der Waals surface area contributed by atoms with Crippen LogP contribution in [0.1, 0.15) is 0 Å². The maximum absolute atomic E-state index is 12.5. The van der Waals surface area contributed by atoms with Gasteiger partial charge >= 0.3 is 11.7 Å². The average molecular weight is 323 g/mol. The number of carbonyl (C=O) groups is 1. The molecule has 0 unspecified atom stereocenters. The minimum absolute atomic E-state index is 0.110. The van der Waals surface area contributed by atoms with E-state index in [9.17, 15) is 19.5 Å². The van der Waals surface area contributed by atoms with Crippen molar-refractivity contribution in [3.8, 4) is 0 Å². The first-order valence-electron chi connectivity index (χ1n) is 7.12. The molecule has 2 aromatic rings. The number of aromatic nitrogens is 4. The summed E-state index contributed by atoms with van der Waals surface area (Å²) in [6.45, 7) is 1.66. The van der Waals surface area contributed by atoms with Crippen LogP contribution in [0.4, 0.5) is 5.95 Å². The molecule has 1 saturated heterocycles. The lowest BCUT2D eigenvalue weighted by molar-refractivity contribution is -0.137. The summed E-state index contributed by atoms with van der Waals surface area (Å²) in [5.74, 6) is -0.723. The number of morpholine rings is 1. The predicted octanol–water partition coefficient (Wildman–Crippen LogP) is -1.65. The van der Waals surface area contributed by atoms with Gasteiger partial charge in [-0.15, -0.1) is 0 Å². The molecule has 0 saturated carbocycles. The van der Waals surface area contributed by atoms with Crippen LogP contribution >= 0.6 is 0 Å². The molecule has 23 heavy (non-hydrogen) atoms. The van der Waals surface area contributed by atoms with Crippen molar-refractivity contribution in [1.82, 2.24) is 18.7 Å². The first-order valence-corrected chi connectivity index (χ1v) is 7.12. The third kappa shape index (κ3) is 2.40. The van der Waals surface area contributed by atoms with E-state index in [1.165, 1.54) is 23.2 Å². The fraction of sp³-hybridized carbons (Fsp3) is 0.538. The summed E-state index contributed by atoms with van der Waals surface area (Å²) in [6, 6.07) is 0. The zero-order valence-corrected chi connectivity index (χ0v) is 12.9. The van der Waals surface area contributed by atoms with Gasteiger partial charge in [0.25, 0.3) is 5.56 Å². The summed E-state index contributed by atoms with van der Waals surface area (Å²) in [5.41, 5.74) is -0.772. The van der Waals surface area contributed by atoms with E-state index in [-0.39, 0.29) is 11.2 Å². The third-order valence-electron chi connectivity index (χ3n) is 3.92. The Morgan fingerprint density at radius 1 is 1.22 bits per heavy atom. The second kappa shape index (κ2) is 5.54. The van der Waals surface area contributed by atoms with E-state index in [0.717, 1.165) is 4.57 Å². The maximum atomic E-state index is 12.5. The fourth-order valence-electron chi connectivity index (χ4n) is 2.72. The number of ether oxygens (including phenoxy) is 1. The number of hydrogen-bond acceptors (Lipinski definition) is 6. The summed E-state index contributed by atoms with van der Waals surface area (Å²) in [7, 11) is 2.86. The molecule has 1 aliphatic rings. The molecule has 3 heterocycles. The van der Waals surface area contributed by atoms with Crippen LogP contribution < -0.4 is 16.1 Å². The van der Waals surface area contributed by atoms with Crippen molar-refractivity contribution in [2.75, 3.05) is 31.2 Å². The van der Waals surface area contributed by atoms with Crippen LogP contribution in [-0.4, -0.2) is 56.1 Å². The molecule has 0 aliphatic carbocycles. The summed E-state index contributed by atoms with van der Waals surface area (Å²) < 4.78 is 8.84. The number of carboxylic acid groups (broad SMARTS) is 1. The Kier molecular flexibility index (Phi) is 3.68. The second-order valence-electron chi connectivity index (χ2n) is 5.37. The molecular formula is C13H17N5O5. The van der Waals surface area contributed by atoms with E-state index in [2.05, 4.69) is 4.98 Å². The lowest BCUT2D eigenvalue weighted by Crippen LogP contribution is -2.39. The van der Waals surface area contributed by atoms with Crippen LogP contribution in [0.5, 0.6) is 0 Å². The van der Waals surface area contributed by atoms with Crippen molar-refractivity contribution in [2.24, 2.45) is 14.1 Å². The highest BCUT2D eigenvalue weighted by molar-refractivity contribution is 5.78. The van der Waals surface area contributed by atoms with Gasteiger partial charge in [0.15, 0.2) is 11.2 Å². The number of rotatable bonds is 3. The summed E-state index contributed by atoms with van der Waals surface area (Å²) in [4.78, 5) is 42.0. The Morgan fingerprint density at radius 3 is 2.48 bits per heavy atom. The number of fused-ring (bicyclic) bond motifs is 1. The molecule has 3 rings (SSSR count). The van der Waals surface area contributed by atoms with Crippen molar-refractivity contribution in [3.63, 3.8) is 0 Å². The van der Waals surface area contributed by atoms with E-state index in [1.54, 1.807) is 0 Å². The highest BCUT2D eigenvalue weighted by Crippen LogP contribution is 2.20. The van der Waals surface area contributed by atoms with E-state index in [1.807, 2.05) is 4.90 Å². The van der Waals surface area contributed by atoms with Gasteiger partial charge in [-0.2, -0.15) is 4.98 Å². The summed E-state index contributed by atoms with van der Waals surface area (Å²) in [6.07, 6.45) is 0. The number of aryl methyl sites for hydroxylation is 1. The molecule has 0 radical (unpaired) electrons. The van der Waals surface area contributed by atoms with E-state index >= 15 is 0 Å². The Hall–Kier alpha value is -2.62. The molecule has 0 atom stereocenters. The van der Waals surface area contributed by atoms with Gasteiger partial charge in [0.05, 0.1) is 13.2 Å². The highest BCUT2D eigenvalue weighted by Gasteiger charge is 2.24. The van der Waals surface area contributed by atoms with Crippen LogP contribution in [0.3, 0.4) is 0 Å². The van der Waals surface area contributed by atoms with Crippen LogP contribution in [-0.2, 0) is 30.2 Å². The third-order valence-corrected chi connectivity index (χ3v) is 3.92. The summed E-state index contributed by atoms with van der Waals surface area (Å²) in [5, 5.41) is 9.18. The molecule has 0 aromatic carbocycles. The molecule has 10 nitrogen and oxygen atoms in total. The Bertz CT molecular complexity index is 887. The number of imidazole rings is 1. The molecule has 1 fully saturated rings. The van der Waals surface area contributed by atoms with Crippen molar-refractivity contribution in [2.45, 2.75) is 6.54 Å². The minimum Gasteiger partial charge on any atom is -0.480 e. The van der Waals surface area contributed by atoms with Crippen molar-refractivity contribution >= 4 is 23.1 Å². The Balaban J connectivity index is 2.33. The number of hydrogen-bond donors (Lipinski definition) is 1. The van der Waals surface area contributed by atoms with Gasteiger partial charge < -0.3 is 14.7 Å². The zero-order valence-electron chi connectivity index (χ0n) is 12.9. The van der Waals surface area contributed by atoms with Crippen LogP contribution in [0.25, 0.3) is 11.2 Å². The lowest BCUT2D eigenvalue weighted by atomic mass is 10.4. The first kappa shape index (κ1) is 15.3. The normalized spacial score (nSPS) is 15.3. The fourth-order valence-corrected chi connectivity index (χ4v) is 2.72. The molecular weight excluding hydrogens is 306 g/mol. The van der Waals surface area contributed by atoms with Crippen LogP contribution in [0, 0.1) is 0 Å². The van der Waals surface area contributed by atoms with Gasteiger partial charge in [-0.1, -0.05) is 0 Å². The summed E-state index contributed by atoms with van der Waals surface area (Å²) >= 11 is 0. The maximum Gasteiger partial charge on any atom is 0.332 e. The molecule has 1 aliphatic heterocycles. The SMILES string of the molecule is Cn1c(=O)c2c(nc(N3CCOCC3)n2CC(=O)O)n(C)c1=O. The van der Waals surface area contributed by atoms with E-state index in [4.69, 9.17) is 4.74 Å².